The predicted molar refractivity (Wildman–Crippen MR) is 156 cm³/mol. The van der Waals surface area contributed by atoms with Crippen LogP contribution in [0.15, 0.2) is 95.1 Å². The lowest BCUT2D eigenvalue weighted by Crippen LogP contribution is -2.09. The standard InChI is InChI=1S/C34H26O8/c1-20-32(26-17-23(11-14-27(26)40-20)39-19-21-7-5-4-6-8-21)34(36)41-24-10-12-25-29(18-24)42-31(33(25)35)16-22-9-13-28(37-2)30(15-22)38-3/h4-18H,19H2,1-3H3/b31-16-. The number of carbonyl (C=O) groups is 2. The first kappa shape index (κ1) is 26.7. The van der Waals surface area contributed by atoms with Gasteiger partial charge >= 0.3 is 5.97 Å². The third kappa shape index (κ3) is 5.17. The van der Waals surface area contributed by atoms with Crippen molar-refractivity contribution in [2.45, 2.75) is 13.5 Å². The number of aryl methyl sites for hydroxylation is 1. The Balaban J connectivity index is 1.21. The highest BCUT2D eigenvalue weighted by atomic mass is 16.5. The van der Waals surface area contributed by atoms with Gasteiger partial charge in [0.15, 0.2) is 17.3 Å². The van der Waals surface area contributed by atoms with Gasteiger partial charge in [-0.15, -0.1) is 0 Å². The van der Waals surface area contributed by atoms with E-state index in [9.17, 15) is 9.59 Å². The molecule has 5 aromatic rings. The van der Waals surface area contributed by atoms with Gasteiger partial charge in [0.05, 0.1) is 19.8 Å². The summed E-state index contributed by atoms with van der Waals surface area (Å²) in [7, 11) is 3.09. The van der Waals surface area contributed by atoms with E-state index in [-0.39, 0.29) is 17.3 Å². The lowest BCUT2D eigenvalue weighted by molar-refractivity contribution is 0.0734. The molecule has 0 amide bonds. The minimum absolute atomic E-state index is 0.139. The first-order chi connectivity index (χ1) is 20.4. The van der Waals surface area contributed by atoms with Crippen LogP contribution in [0.2, 0.25) is 0 Å². The largest absolute Gasteiger partial charge is 0.493 e. The fraction of sp³-hybridized carbons (Fsp3) is 0.118. The van der Waals surface area contributed by atoms with Crippen LogP contribution in [0.1, 0.15) is 37.6 Å². The molecule has 2 heterocycles. The number of rotatable bonds is 8. The van der Waals surface area contributed by atoms with E-state index in [2.05, 4.69) is 0 Å². The molecular weight excluding hydrogens is 536 g/mol. The molecule has 0 aliphatic carbocycles. The summed E-state index contributed by atoms with van der Waals surface area (Å²) in [5, 5.41) is 0.579. The molecule has 8 nitrogen and oxygen atoms in total. The van der Waals surface area contributed by atoms with Crippen molar-refractivity contribution in [1.82, 2.24) is 0 Å². The Bertz CT molecular complexity index is 1850. The second kappa shape index (κ2) is 11.2. The van der Waals surface area contributed by atoms with Gasteiger partial charge in [0.2, 0.25) is 5.78 Å². The molecule has 1 aliphatic rings. The first-order valence-corrected chi connectivity index (χ1v) is 13.2. The minimum Gasteiger partial charge on any atom is -0.493 e. The second-order valence-electron chi connectivity index (χ2n) is 9.57. The molecule has 4 aromatic carbocycles. The first-order valence-electron chi connectivity index (χ1n) is 13.2. The third-order valence-corrected chi connectivity index (χ3v) is 6.85. The van der Waals surface area contributed by atoms with Crippen LogP contribution in [0.4, 0.5) is 0 Å². The SMILES string of the molecule is COc1ccc(/C=C2\Oc3cc(OC(=O)c4c(C)oc5ccc(OCc6ccccc6)cc45)ccc3C2=O)cc1OC. The van der Waals surface area contributed by atoms with Crippen molar-refractivity contribution in [2.24, 2.45) is 0 Å². The number of carbonyl (C=O) groups excluding carboxylic acids is 2. The van der Waals surface area contributed by atoms with Crippen LogP contribution in [0.25, 0.3) is 17.0 Å². The number of ketones is 1. The number of esters is 1. The highest BCUT2D eigenvalue weighted by Crippen LogP contribution is 2.37. The van der Waals surface area contributed by atoms with E-state index in [1.54, 1.807) is 68.6 Å². The number of Topliss-reactive ketones (excluding diaryl/α,β-unsaturated/α-hetero) is 1. The number of allylic oxidation sites excluding steroid dienone is 1. The van der Waals surface area contributed by atoms with Gasteiger partial charge in [-0.05, 0) is 66.6 Å². The Morgan fingerprint density at radius 3 is 2.43 bits per heavy atom. The predicted octanol–water partition coefficient (Wildman–Crippen LogP) is 7.17. The fourth-order valence-corrected chi connectivity index (χ4v) is 4.77. The molecule has 210 valence electrons. The third-order valence-electron chi connectivity index (χ3n) is 6.85. The summed E-state index contributed by atoms with van der Waals surface area (Å²) >= 11 is 0. The minimum atomic E-state index is -0.600. The molecule has 0 bridgehead atoms. The number of fused-ring (bicyclic) bond motifs is 2. The van der Waals surface area contributed by atoms with Gasteiger partial charge in [0, 0.05) is 11.5 Å². The summed E-state index contributed by atoms with van der Waals surface area (Å²) in [5.74, 6) is 1.90. The van der Waals surface area contributed by atoms with Crippen molar-refractivity contribution >= 4 is 28.8 Å². The van der Waals surface area contributed by atoms with Crippen molar-refractivity contribution in [3.05, 3.63) is 119 Å². The van der Waals surface area contributed by atoms with Crippen LogP contribution in [-0.2, 0) is 6.61 Å². The molecule has 1 aromatic heterocycles. The highest BCUT2D eigenvalue weighted by molar-refractivity contribution is 6.14. The van der Waals surface area contributed by atoms with Crippen LogP contribution in [0.5, 0.6) is 28.7 Å². The summed E-state index contributed by atoms with van der Waals surface area (Å²) in [5.41, 5.74) is 2.93. The lowest BCUT2D eigenvalue weighted by Gasteiger charge is -2.08. The van der Waals surface area contributed by atoms with Gasteiger partial charge in [-0.25, -0.2) is 4.79 Å². The molecule has 0 spiro atoms. The molecule has 0 N–H and O–H groups in total. The van der Waals surface area contributed by atoms with Crippen molar-refractivity contribution in [2.75, 3.05) is 14.2 Å². The molecule has 0 unspecified atom stereocenters. The van der Waals surface area contributed by atoms with Crippen LogP contribution in [0, 0.1) is 6.92 Å². The lowest BCUT2D eigenvalue weighted by atomic mass is 10.1. The average molecular weight is 563 g/mol. The van der Waals surface area contributed by atoms with E-state index in [1.807, 2.05) is 30.3 Å². The van der Waals surface area contributed by atoms with Crippen molar-refractivity contribution in [1.29, 1.82) is 0 Å². The van der Waals surface area contributed by atoms with E-state index >= 15 is 0 Å². The van der Waals surface area contributed by atoms with Gasteiger partial charge in [0.25, 0.3) is 0 Å². The van der Waals surface area contributed by atoms with Gasteiger partial charge in [0.1, 0.15) is 40.8 Å². The molecule has 0 radical (unpaired) electrons. The van der Waals surface area contributed by atoms with E-state index in [1.165, 1.54) is 13.2 Å². The number of hydrogen-bond donors (Lipinski definition) is 0. The summed E-state index contributed by atoms with van der Waals surface area (Å²) in [6.45, 7) is 2.09. The van der Waals surface area contributed by atoms with Crippen LogP contribution in [-0.4, -0.2) is 26.0 Å². The Morgan fingerprint density at radius 1 is 0.857 bits per heavy atom. The number of furan rings is 1. The Morgan fingerprint density at radius 2 is 1.64 bits per heavy atom. The number of ether oxygens (including phenoxy) is 5. The van der Waals surface area contributed by atoms with Crippen LogP contribution in [0.3, 0.4) is 0 Å². The molecule has 0 saturated heterocycles. The Kier molecular flexibility index (Phi) is 7.10. The van der Waals surface area contributed by atoms with Gasteiger partial charge in [-0.2, -0.15) is 0 Å². The maximum absolute atomic E-state index is 13.3. The monoisotopic (exact) mass is 562 g/mol. The summed E-state index contributed by atoms with van der Waals surface area (Å²) in [6, 6.07) is 25.1. The molecule has 8 heteroatoms. The van der Waals surface area contributed by atoms with Gasteiger partial charge in [-0.1, -0.05) is 36.4 Å². The van der Waals surface area contributed by atoms with Crippen molar-refractivity contribution in [3.63, 3.8) is 0 Å². The number of benzene rings is 4. The quantitative estimate of drug-likeness (QED) is 0.112. The van der Waals surface area contributed by atoms with E-state index in [0.29, 0.717) is 63.0 Å². The zero-order valence-corrected chi connectivity index (χ0v) is 23.1. The van der Waals surface area contributed by atoms with Gasteiger partial charge in [-0.3, -0.25) is 4.79 Å². The molecular formula is C34H26O8. The normalized spacial score (nSPS) is 13.1. The topological polar surface area (TPSA) is 93.4 Å². The van der Waals surface area contributed by atoms with Crippen molar-refractivity contribution < 1.29 is 37.7 Å². The zero-order chi connectivity index (χ0) is 29.2. The number of hydrogen-bond acceptors (Lipinski definition) is 8. The van der Waals surface area contributed by atoms with Crippen LogP contribution < -0.4 is 23.7 Å². The van der Waals surface area contributed by atoms with E-state index in [4.69, 9.17) is 28.1 Å². The van der Waals surface area contributed by atoms with E-state index < -0.39 is 5.97 Å². The number of methoxy groups -OCH3 is 2. The molecule has 6 rings (SSSR count). The molecule has 42 heavy (non-hydrogen) atoms. The van der Waals surface area contributed by atoms with Crippen LogP contribution >= 0.6 is 0 Å². The molecule has 0 saturated carbocycles. The molecule has 0 atom stereocenters. The molecule has 1 aliphatic heterocycles. The van der Waals surface area contributed by atoms with Crippen molar-refractivity contribution in [3.8, 4) is 28.7 Å². The van der Waals surface area contributed by atoms with Gasteiger partial charge < -0.3 is 28.1 Å². The second-order valence-corrected chi connectivity index (χ2v) is 9.57. The highest BCUT2D eigenvalue weighted by Gasteiger charge is 2.29. The summed E-state index contributed by atoms with van der Waals surface area (Å²) in [6.07, 6.45) is 1.62. The Hall–Kier alpha value is -5.50. The maximum atomic E-state index is 13.3. The summed E-state index contributed by atoms with van der Waals surface area (Å²) in [4.78, 5) is 26.3. The average Bonchev–Trinajstić information content (AvgIpc) is 3.50. The summed E-state index contributed by atoms with van der Waals surface area (Å²) < 4.78 is 33.9. The van der Waals surface area contributed by atoms with E-state index in [0.717, 1.165) is 5.56 Å². The smallest absolute Gasteiger partial charge is 0.347 e. The maximum Gasteiger partial charge on any atom is 0.347 e. The zero-order valence-electron chi connectivity index (χ0n) is 23.1. The fourth-order valence-electron chi connectivity index (χ4n) is 4.77. The molecule has 0 fully saturated rings. The Labute approximate surface area is 241 Å².